The zero-order valence-electron chi connectivity index (χ0n) is 9.25. The van der Waals surface area contributed by atoms with E-state index in [1.54, 1.807) is 4.90 Å². The number of nitrogens with zero attached hydrogens (tertiary/aromatic N) is 1. The third-order valence-electron chi connectivity index (χ3n) is 2.22. The predicted molar refractivity (Wildman–Crippen MR) is 55.1 cm³/mol. The summed E-state index contributed by atoms with van der Waals surface area (Å²) in [6, 6.07) is 0. The van der Waals surface area contributed by atoms with Gasteiger partial charge in [-0.2, -0.15) is 0 Å². The average Bonchev–Trinajstić information content (AvgIpc) is 2.17. The van der Waals surface area contributed by atoms with Gasteiger partial charge in [-0.25, -0.2) is 0 Å². The number of hydrogen-bond acceptors (Lipinski definition) is 3. The van der Waals surface area contributed by atoms with Crippen LogP contribution in [0.1, 0.15) is 13.8 Å². The highest BCUT2D eigenvalue weighted by molar-refractivity contribution is 5.81. The van der Waals surface area contributed by atoms with Crippen LogP contribution in [-0.4, -0.2) is 50.2 Å². The van der Waals surface area contributed by atoms with Gasteiger partial charge in [-0.3, -0.25) is 4.79 Å². The van der Waals surface area contributed by atoms with Gasteiger partial charge in [0, 0.05) is 26.7 Å². The molecule has 0 aromatic heterocycles. The molecule has 0 unspecified atom stereocenters. The minimum atomic E-state index is -0.285. The Balaban J connectivity index is 2.38. The summed E-state index contributed by atoms with van der Waals surface area (Å²) in [6.07, 6.45) is -0.285. The Labute approximate surface area is 85.6 Å². The lowest BCUT2D eigenvalue weighted by atomic mass is 10.2. The molecular weight excluding hydrogens is 180 g/mol. The Morgan fingerprint density at radius 3 is 2.86 bits per heavy atom. The van der Waals surface area contributed by atoms with E-state index in [9.17, 15) is 4.79 Å². The molecule has 0 radical (unpaired) electrons. The number of amides is 1. The van der Waals surface area contributed by atoms with E-state index in [4.69, 9.17) is 4.74 Å². The van der Waals surface area contributed by atoms with Crippen LogP contribution in [0.2, 0.25) is 0 Å². The van der Waals surface area contributed by atoms with Gasteiger partial charge in [0.25, 0.3) is 5.91 Å². The Morgan fingerprint density at radius 2 is 2.36 bits per heavy atom. The van der Waals surface area contributed by atoms with E-state index in [1.807, 2.05) is 7.05 Å². The van der Waals surface area contributed by atoms with Crippen LogP contribution >= 0.6 is 0 Å². The van der Waals surface area contributed by atoms with E-state index < -0.39 is 0 Å². The van der Waals surface area contributed by atoms with Crippen molar-refractivity contribution in [1.82, 2.24) is 10.2 Å². The second kappa shape index (κ2) is 5.32. The van der Waals surface area contributed by atoms with Crippen LogP contribution in [0.5, 0.6) is 0 Å². The van der Waals surface area contributed by atoms with Crippen molar-refractivity contribution in [1.29, 1.82) is 0 Å². The number of rotatable bonds is 3. The smallest absolute Gasteiger partial charge is 0.252 e. The molecule has 82 valence electrons. The second-order valence-electron chi connectivity index (χ2n) is 4.18. The largest absolute Gasteiger partial charge is 0.366 e. The van der Waals surface area contributed by atoms with E-state index in [-0.39, 0.29) is 12.0 Å². The zero-order chi connectivity index (χ0) is 10.6. The Hall–Kier alpha value is -0.610. The first-order valence-corrected chi connectivity index (χ1v) is 5.18. The van der Waals surface area contributed by atoms with Crippen LogP contribution in [0.25, 0.3) is 0 Å². The molecule has 1 amide bonds. The molecule has 1 atom stereocenters. The molecule has 0 saturated carbocycles. The molecule has 0 bridgehead atoms. The maximum Gasteiger partial charge on any atom is 0.252 e. The third-order valence-corrected chi connectivity index (χ3v) is 2.22. The van der Waals surface area contributed by atoms with Gasteiger partial charge in [-0.1, -0.05) is 13.8 Å². The third kappa shape index (κ3) is 3.27. The van der Waals surface area contributed by atoms with E-state index in [1.165, 1.54) is 0 Å². The molecule has 0 aromatic carbocycles. The van der Waals surface area contributed by atoms with Crippen molar-refractivity contribution in [2.45, 2.75) is 20.0 Å². The molecule has 0 aromatic rings. The quantitative estimate of drug-likeness (QED) is 0.702. The fourth-order valence-corrected chi connectivity index (χ4v) is 1.61. The molecule has 1 saturated heterocycles. The molecule has 0 aliphatic carbocycles. The van der Waals surface area contributed by atoms with Gasteiger partial charge in [-0.05, 0) is 5.92 Å². The van der Waals surface area contributed by atoms with Crippen molar-refractivity contribution in [3.63, 3.8) is 0 Å². The van der Waals surface area contributed by atoms with Crippen LogP contribution in [0.3, 0.4) is 0 Å². The first-order valence-electron chi connectivity index (χ1n) is 5.18. The van der Waals surface area contributed by atoms with Gasteiger partial charge < -0.3 is 15.0 Å². The van der Waals surface area contributed by atoms with E-state index in [2.05, 4.69) is 19.2 Å². The van der Waals surface area contributed by atoms with Gasteiger partial charge in [0.2, 0.25) is 0 Å². The first kappa shape index (κ1) is 11.5. The molecule has 1 heterocycles. The van der Waals surface area contributed by atoms with Crippen LogP contribution in [0.15, 0.2) is 0 Å². The van der Waals surface area contributed by atoms with Crippen molar-refractivity contribution < 1.29 is 9.53 Å². The summed E-state index contributed by atoms with van der Waals surface area (Å²) < 4.78 is 5.39. The molecule has 1 fully saturated rings. The summed E-state index contributed by atoms with van der Waals surface area (Å²) in [6.45, 7) is 7.11. The van der Waals surface area contributed by atoms with Crippen molar-refractivity contribution in [3.05, 3.63) is 0 Å². The standard InChI is InChI=1S/C10H20N2O2/c1-8(2)7-12(3)10(13)9-6-11-4-5-14-9/h8-9,11H,4-7H2,1-3H3/t9-/m0/s1. The second-order valence-corrected chi connectivity index (χ2v) is 4.18. The average molecular weight is 200 g/mol. The molecule has 1 rings (SSSR count). The van der Waals surface area contributed by atoms with Gasteiger partial charge in [0.15, 0.2) is 0 Å². The molecular formula is C10H20N2O2. The molecule has 1 N–H and O–H groups in total. The summed E-state index contributed by atoms with van der Waals surface area (Å²) in [4.78, 5) is 13.5. The summed E-state index contributed by atoms with van der Waals surface area (Å²) in [5, 5.41) is 3.15. The number of morpholine rings is 1. The summed E-state index contributed by atoms with van der Waals surface area (Å²) >= 11 is 0. The number of carbonyl (C=O) groups is 1. The van der Waals surface area contributed by atoms with Crippen molar-refractivity contribution in [2.75, 3.05) is 33.3 Å². The fourth-order valence-electron chi connectivity index (χ4n) is 1.61. The number of hydrogen-bond donors (Lipinski definition) is 1. The van der Waals surface area contributed by atoms with E-state index in [0.717, 1.165) is 13.1 Å². The van der Waals surface area contributed by atoms with Crippen LogP contribution in [0, 0.1) is 5.92 Å². The first-order chi connectivity index (χ1) is 6.61. The number of ether oxygens (including phenoxy) is 1. The monoisotopic (exact) mass is 200 g/mol. The molecule has 1 aliphatic rings. The highest BCUT2D eigenvalue weighted by atomic mass is 16.5. The summed E-state index contributed by atoms with van der Waals surface area (Å²) in [5.41, 5.74) is 0. The Kier molecular flexibility index (Phi) is 4.35. The lowest BCUT2D eigenvalue weighted by Crippen LogP contribution is -2.49. The lowest BCUT2D eigenvalue weighted by Gasteiger charge is -2.28. The van der Waals surface area contributed by atoms with Crippen LogP contribution < -0.4 is 5.32 Å². The van der Waals surface area contributed by atoms with Gasteiger partial charge in [-0.15, -0.1) is 0 Å². The molecule has 14 heavy (non-hydrogen) atoms. The van der Waals surface area contributed by atoms with E-state index in [0.29, 0.717) is 19.1 Å². The SMILES string of the molecule is CC(C)CN(C)C(=O)[C@@H]1CNCCO1. The van der Waals surface area contributed by atoms with Crippen molar-refractivity contribution in [3.8, 4) is 0 Å². The van der Waals surface area contributed by atoms with Crippen LogP contribution in [-0.2, 0) is 9.53 Å². The van der Waals surface area contributed by atoms with E-state index >= 15 is 0 Å². The van der Waals surface area contributed by atoms with Crippen molar-refractivity contribution in [2.24, 2.45) is 5.92 Å². The maximum absolute atomic E-state index is 11.8. The molecule has 1 aliphatic heterocycles. The number of likely N-dealkylation sites (N-methyl/N-ethyl adjacent to an activating group) is 1. The van der Waals surface area contributed by atoms with Gasteiger partial charge in [0.05, 0.1) is 6.61 Å². The topological polar surface area (TPSA) is 41.6 Å². The van der Waals surface area contributed by atoms with Gasteiger partial charge in [0.1, 0.15) is 6.10 Å². The van der Waals surface area contributed by atoms with Gasteiger partial charge >= 0.3 is 0 Å². The maximum atomic E-state index is 11.8. The minimum Gasteiger partial charge on any atom is -0.366 e. The fraction of sp³-hybridized carbons (Fsp3) is 0.900. The number of carbonyl (C=O) groups excluding carboxylic acids is 1. The molecule has 4 nitrogen and oxygen atoms in total. The number of nitrogens with one attached hydrogen (secondary N) is 1. The van der Waals surface area contributed by atoms with Crippen LogP contribution in [0.4, 0.5) is 0 Å². The molecule has 4 heteroatoms. The normalized spacial score (nSPS) is 22.4. The van der Waals surface area contributed by atoms with Crippen molar-refractivity contribution >= 4 is 5.91 Å². The Morgan fingerprint density at radius 1 is 1.64 bits per heavy atom. The lowest BCUT2D eigenvalue weighted by molar-refractivity contribution is -0.144. The zero-order valence-corrected chi connectivity index (χ0v) is 9.25. The highest BCUT2D eigenvalue weighted by Crippen LogP contribution is 2.03. The predicted octanol–water partition coefficient (Wildman–Crippen LogP) is 0.0892. The summed E-state index contributed by atoms with van der Waals surface area (Å²) in [5.74, 6) is 0.589. The molecule has 0 spiro atoms. The minimum absolute atomic E-state index is 0.0888. The highest BCUT2D eigenvalue weighted by Gasteiger charge is 2.24. The Bertz CT molecular complexity index is 189. The summed E-state index contributed by atoms with van der Waals surface area (Å²) in [7, 11) is 1.83.